The molecule has 5 nitrogen and oxygen atoms in total. The van der Waals surface area contributed by atoms with Crippen LogP contribution in [0.1, 0.15) is 18.5 Å². The standard InChI is InChI=1S/C18H15Cl2N3O2S/c1-18-14(16(24)21-11-5-2-9(19)3-6-11)15(22-17(26)23-18)12-8-10(20)4-7-13(12)25-18/h2-8,14-15H,1H3,(H,21,24)(H2,22,23,26)/t14-,15-,18+/m0/s1. The number of thiocarbonyl (C=S) groups is 1. The number of ether oxygens (including phenoxy) is 1. The van der Waals surface area contributed by atoms with Crippen LogP contribution in [0.3, 0.4) is 0 Å². The molecule has 26 heavy (non-hydrogen) atoms. The first-order chi connectivity index (χ1) is 12.4. The smallest absolute Gasteiger partial charge is 0.236 e. The summed E-state index contributed by atoms with van der Waals surface area (Å²) >= 11 is 17.4. The van der Waals surface area contributed by atoms with Gasteiger partial charge < -0.3 is 20.7 Å². The van der Waals surface area contributed by atoms with E-state index < -0.39 is 11.6 Å². The van der Waals surface area contributed by atoms with Gasteiger partial charge in [-0.05, 0) is 61.6 Å². The molecule has 8 heteroatoms. The van der Waals surface area contributed by atoms with Crippen molar-refractivity contribution >= 4 is 52.1 Å². The first kappa shape index (κ1) is 17.4. The molecular formula is C18H15Cl2N3O2S. The van der Waals surface area contributed by atoms with Crippen molar-refractivity contribution < 1.29 is 9.53 Å². The largest absolute Gasteiger partial charge is 0.467 e. The molecule has 4 rings (SSSR count). The summed E-state index contributed by atoms with van der Waals surface area (Å²) < 4.78 is 6.13. The number of halogens is 2. The fourth-order valence-corrected chi connectivity index (χ4v) is 4.10. The van der Waals surface area contributed by atoms with Crippen molar-refractivity contribution in [3.05, 3.63) is 58.1 Å². The van der Waals surface area contributed by atoms with Crippen LogP contribution < -0.4 is 20.7 Å². The molecule has 2 aliphatic rings. The Kier molecular flexibility index (Phi) is 4.22. The first-order valence-electron chi connectivity index (χ1n) is 7.99. The van der Waals surface area contributed by atoms with Crippen LogP contribution in [0.25, 0.3) is 0 Å². The monoisotopic (exact) mass is 407 g/mol. The van der Waals surface area contributed by atoms with E-state index in [1.807, 2.05) is 6.92 Å². The van der Waals surface area contributed by atoms with Crippen LogP contribution in [0.2, 0.25) is 10.0 Å². The van der Waals surface area contributed by atoms with E-state index in [1.165, 1.54) is 0 Å². The van der Waals surface area contributed by atoms with Gasteiger partial charge in [0, 0.05) is 21.3 Å². The third kappa shape index (κ3) is 2.98. The van der Waals surface area contributed by atoms with Gasteiger partial charge >= 0.3 is 0 Å². The van der Waals surface area contributed by atoms with Crippen LogP contribution in [0.15, 0.2) is 42.5 Å². The summed E-state index contributed by atoms with van der Waals surface area (Å²) in [5, 5.41) is 10.8. The second-order valence-corrected chi connectivity index (χ2v) is 7.72. The number of rotatable bonds is 2. The van der Waals surface area contributed by atoms with Crippen molar-refractivity contribution in [3.63, 3.8) is 0 Å². The molecule has 1 saturated heterocycles. The number of hydrogen-bond donors (Lipinski definition) is 3. The van der Waals surface area contributed by atoms with Gasteiger partial charge in [0.2, 0.25) is 5.91 Å². The predicted octanol–water partition coefficient (Wildman–Crippen LogP) is 3.88. The van der Waals surface area contributed by atoms with Crippen LogP contribution in [-0.4, -0.2) is 16.7 Å². The van der Waals surface area contributed by atoms with E-state index >= 15 is 0 Å². The maximum Gasteiger partial charge on any atom is 0.236 e. The summed E-state index contributed by atoms with van der Waals surface area (Å²) in [6, 6.07) is 11.9. The van der Waals surface area contributed by atoms with Crippen LogP contribution >= 0.6 is 35.4 Å². The van der Waals surface area contributed by atoms with Crippen molar-refractivity contribution in [2.24, 2.45) is 5.92 Å². The van der Waals surface area contributed by atoms with Crippen LogP contribution in [0, 0.1) is 5.92 Å². The van der Waals surface area contributed by atoms with Crippen molar-refractivity contribution in [2.75, 3.05) is 5.32 Å². The summed E-state index contributed by atoms with van der Waals surface area (Å²) in [6.07, 6.45) is 0. The summed E-state index contributed by atoms with van der Waals surface area (Å²) in [5.41, 5.74) is 0.472. The maximum atomic E-state index is 13.1. The van der Waals surface area contributed by atoms with Crippen LogP contribution in [0.5, 0.6) is 5.75 Å². The Balaban J connectivity index is 1.71. The SMILES string of the molecule is C[C@@]12NC(=S)N[C@@H](c3cc(Cl)ccc3O1)[C@H]2C(=O)Nc1ccc(Cl)cc1. The fraction of sp³-hybridized carbons (Fsp3) is 0.222. The van der Waals surface area contributed by atoms with Gasteiger partial charge in [-0.1, -0.05) is 23.2 Å². The number of benzene rings is 2. The highest BCUT2D eigenvalue weighted by atomic mass is 35.5. The Hall–Kier alpha value is -2.02. The van der Waals surface area contributed by atoms with Gasteiger partial charge in [0.25, 0.3) is 0 Å². The number of anilines is 1. The van der Waals surface area contributed by atoms with Gasteiger partial charge in [-0.15, -0.1) is 0 Å². The van der Waals surface area contributed by atoms with Gasteiger partial charge in [0.05, 0.1) is 6.04 Å². The zero-order chi connectivity index (χ0) is 18.5. The average molecular weight is 408 g/mol. The highest BCUT2D eigenvalue weighted by Gasteiger charge is 2.54. The van der Waals surface area contributed by atoms with Crippen LogP contribution in [0.4, 0.5) is 5.69 Å². The Morgan fingerprint density at radius 1 is 1.19 bits per heavy atom. The van der Waals surface area contributed by atoms with Crippen LogP contribution in [-0.2, 0) is 4.79 Å². The van der Waals surface area contributed by atoms with E-state index in [0.717, 1.165) is 5.56 Å². The lowest BCUT2D eigenvalue weighted by Crippen LogP contribution is -2.70. The fourth-order valence-electron chi connectivity index (χ4n) is 3.47. The van der Waals surface area contributed by atoms with Crippen molar-refractivity contribution in [1.82, 2.24) is 10.6 Å². The van der Waals surface area contributed by atoms with Crippen molar-refractivity contribution in [3.8, 4) is 5.75 Å². The number of carbonyl (C=O) groups is 1. The summed E-state index contributed by atoms with van der Waals surface area (Å²) in [6.45, 7) is 1.82. The molecule has 0 aromatic heterocycles. The van der Waals surface area contributed by atoms with Gasteiger partial charge in [0.15, 0.2) is 10.8 Å². The Labute approximate surface area is 166 Å². The zero-order valence-corrected chi connectivity index (χ0v) is 16.0. The summed E-state index contributed by atoms with van der Waals surface area (Å²) in [5.74, 6) is -0.108. The molecule has 3 N–H and O–H groups in total. The van der Waals surface area contributed by atoms with Gasteiger partial charge in [-0.3, -0.25) is 4.79 Å². The molecule has 0 saturated carbocycles. The number of nitrogens with one attached hydrogen (secondary N) is 3. The number of amides is 1. The Morgan fingerprint density at radius 2 is 1.88 bits per heavy atom. The highest BCUT2D eigenvalue weighted by Crippen LogP contribution is 2.45. The van der Waals surface area contributed by atoms with Crippen molar-refractivity contribution in [2.45, 2.75) is 18.7 Å². The minimum atomic E-state index is -0.982. The molecular weight excluding hydrogens is 393 g/mol. The molecule has 2 aromatic rings. The van der Waals surface area contributed by atoms with Gasteiger partial charge in [-0.25, -0.2) is 0 Å². The maximum absolute atomic E-state index is 13.1. The first-order valence-corrected chi connectivity index (χ1v) is 9.16. The molecule has 0 spiro atoms. The lowest BCUT2D eigenvalue weighted by atomic mass is 9.80. The molecule has 2 heterocycles. The number of carbonyl (C=O) groups excluding carboxylic acids is 1. The third-order valence-corrected chi connectivity index (χ3v) is 5.31. The van der Waals surface area contributed by atoms with Crippen molar-refractivity contribution in [1.29, 1.82) is 0 Å². The van der Waals surface area contributed by atoms with E-state index in [1.54, 1.807) is 42.5 Å². The topological polar surface area (TPSA) is 62.4 Å². The normalized spacial score (nSPS) is 26.0. The van der Waals surface area contributed by atoms with E-state index in [0.29, 0.717) is 26.6 Å². The summed E-state index contributed by atoms with van der Waals surface area (Å²) in [4.78, 5) is 13.1. The number of fused-ring (bicyclic) bond motifs is 4. The van der Waals surface area contributed by atoms with Gasteiger partial charge in [-0.2, -0.15) is 0 Å². The molecule has 134 valence electrons. The molecule has 1 amide bonds. The molecule has 2 bridgehead atoms. The highest BCUT2D eigenvalue weighted by molar-refractivity contribution is 7.80. The van der Waals surface area contributed by atoms with E-state index in [9.17, 15) is 4.79 Å². The average Bonchev–Trinajstić information content (AvgIpc) is 2.56. The van der Waals surface area contributed by atoms with E-state index in [2.05, 4.69) is 16.0 Å². The molecule has 3 atom stereocenters. The molecule has 0 radical (unpaired) electrons. The third-order valence-electron chi connectivity index (χ3n) is 4.60. The molecule has 2 aromatic carbocycles. The lowest BCUT2D eigenvalue weighted by Gasteiger charge is -2.50. The van der Waals surface area contributed by atoms with Gasteiger partial charge in [0.1, 0.15) is 11.7 Å². The molecule has 1 fully saturated rings. The van der Waals surface area contributed by atoms with E-state index in [4.69, 9.17) is 40.2 Å². The molecule has 0 unspecified atom stereocenters. The minimum Gasteiger partial charge on any atom is -0.467 e. The Bertz CT molecular complexity index is 906. The van der Waals surface area contributed by atoms with E-state index in [-0.39, 0.29) is 11.9 Å². The lowest BCUT2D eigenvalue weighted by molar-refractivity contribution is -0.132. The summed E-state index contributed by atoms with van der Waals surface area (Å²) in [7, 11) is 0. The molecule has 0 aliphatic carbocycles. The Morgan fingerprint density at radius 3 is 2.62 bits per heavy atom. The number of hydrogen-bond acceptors (Lipinski definition) is 3. The minimum absolute atomic E-state index is 0.201. The molecule has 2 aliphatic heterocycles. The zero-order valence-electron chi connectivity index (χ0n) is 13.7. The second kappa shape index (κ2) is 6.30. The second-order valence-electron chi connectivity index (χ2n) is 6.44. The quantitative estimate of drug-likeness (QED) is 0.659. The predicted molar refractivity (Wildman–Crippen MR) is 106 cm³/mol.